The van der Waals surface area contributed by atoms with Gasteiger partial charge in [-0.25, -0.2) is 4.79 Å². The van der Waals surface area contributed by atoms with Gasteiger partial charge in [0.15, 0.2) is 17.6 Å². The minimum atomic E-state index is -0.874. The lowest BCUT2D eigenvalue weighted by Gasteiger charge is -2.32. The molecule has 150 valence electrons. The van der Waals surface area contributed by atoms with Gasteiger partial charge in [-0.3, -0.25) is 4.79 Å². The minimum absolute atomic E-state index is 0.0168. The molecule has 0 aromatic heterocycles. The van der Waals surface area contributed by atoms with Crippen LogP contribution in [0.3, 0.4) is 0 Å². The van der Waals surface area contributed by atoms with Gasteiger partial charge in [0.05, 0.1) is 19.2 Å². The van der Waals surface area contributed by atoms with Crippen LogP contribution in [0.2, 0.25) is 5.02 Å². The van der Waals surface area contributed by atoms with Crippen LogP contribution in [0, 0.1) is 0 Å². The van der Waals surface area contributed by atoms with Crippen molar-refractivity contribution in [1.82, 2.24) is 4.90 Å². The molecule has 0 saturated heterocycles. The molecule has 1 rings (SSSR count). The third-order valence-electron chi connectivity index (χ3n) is 3.88. The number of ether oxygens (including phenoxy) is 3. The SMILES string of the molecule is COc1cc(/C=C/C(=O)O[C@@H](C)C(=O)N(C(C)C)C(C)C)cc(Cl)c1OC. The number of carbonyl (C=O) groups excluding carboxylic acids is 2. The van der Waals surface area contributed by atoms with Gasteiger partial charge >= 0.3 is 5.97 Å². The van der Waals surface area contributed by atoms with Gasteiger partial charge in [0.2, 0.25) is 0 Å². The number of hydrogen-bond donors (Lipinski definition) is 0. The summed E-state index contributed by atoms with van der Waals surface area (Å²) in [5.41, 5.74) is 0.638. The molecule has 0 N–H and O–H groups in total. The van der Waals surface area contributed by atoms with Crippen molar-refractivity contribution in [2.75, 3.05) is 14.2 Å². The van der Waals surface area contributed by atoms with E-state index in [4.69, 9.17) is 25.8 Å². The van der Waals surface area contributed by atoms with Crippen molar-refractivity contribution in [3.63, 3.8) is 0 Å². The van der Waals surface area contributed by atoms with Gasteiger partial charge < -0.3 is 19.1 Å². The maximum atomic E-state index is 12.5. The zero-order chi connectivity index (χ0) is 20.7. The predicted molar refractivity (Wildman–Crippen MR) is 106 cm³/mol. The van der Waals surface area contributed by atoms with Gasteiger partial charge in [0.25, 0.3) is 5.91 Å². The van der Waals surface area contributed by atoms with E-state index in [0.717, 1.165) is 0 Å². The number of nitrogens with zero attached hydrogens (tertiary/aromatic N) is 1. The Kier molecular flexibility index (Phi) is 8.63. The van der Waals surface area contributed by atoms with Crippen LogP contribution in [0.1, 0.15) is 40.2 Å². The quantitative estimate of drug-likeness (QED) is 0.491. The molecule has 0 heterocycles. The number of halogens is 1. The Morgan fingerprint density at radius 2 is 1.63 bits per heavy atom. The average Bonchev–Trinajstić information content (AvgIpc) is 2.58. The molecule has 7 heteroatoms. The second kappa shape index (κ2) is 10.2. The Morgan fingerprint density at radius 1 is 1.04 bits per heavy atom. The molecule has 0 unspecified atom stereocenters. The van der Waals surface area contributed by atoms with Crippen LogP contribution in [0.5, 0.6) is 11.5 Å². The van der Waals surface area contributed by atoms with Gasteiger partial charge in [-0.1, -0.05) is 11.6 Å². The molecule has 0 aliphatic rings. The van der Waals surface area contributed by atoms with Crippen LogP contribution >= 0.6 is 11.6 Å². The normalized spacial score (nSPS) is 12.4. The lowest BCUT2D eigenvalue weighted by Crippen LogP contribution is -2.47. The summed E-state index contributed by atoms with van der Waals surface area (Å²) in [5, 5.41) is 0.359. The number of hydrogen-bond acceptors (Lipinski definition) is 5. The summed E-state index contributed by atoms with van der Waals surface area (Å²) >= 11 is 6.14. The van der Waals surface area contributed by atoms with Crippen molar-refractivity contribution < 1.29 is 23.8 Å². The number of rotatable bonds is 8. The van der Waals surface area contributed by atoms with Gasteiger partial charge in [0.1, 0.15) is 0 Å². The van der Waals surface area contributed by atoms with Crippen molar-refractivity contribution in [3.05, 3.63) is 28.8 Å². The molecular formula is C20H28ClNO5. The molecule has 1 atom stereocenters. The average molecular weight is 398 g/mol. The van der Waals surface area contributed by atoms with Gasteiger partial charge in [-0.05, 0) is 58.4 Å². The Labute approximate surface area is 166 Å². The van der Waals surface area contributed by atoms with E-state index in [9.17, 15) is 9.59 Å². The number of amides is 1. The Bertz CT molecular complexity index is 692. The van der Waals surface area contributed by atoms with Crippen LogP contribution < -0.4 is 9.47 Å². The number of methoxy groups -OCH3 is 2. The molecule has 0 aliphatic heterocycles. The summed E-state index contributed by atoms with van der Waals surface area (Å²) in [7, 11) is 2.99. The zero-order valence-corrected chi connectivity index (χ0v) is 17.7. The smallest absolute Gasteiger partial charge is 0.331 e. The highest BCUT2D eigenvalue weighted by molar-refractivity contribution is 6.32. The summed E-state index contributed by atoms with van der Waals surface area (Å²) in [6.07, 6.45) is 1.91. The van der Waals surface area contributed by atoms with E-state index in [2.05, 4.69) is 0 Å². The molecule has 1 aromatic rings. The molecule has 0 radical (unpaired) electrons. The fourth-order valence-electron chi connectivity index (χ4n) is 2.78. The Hall–Kier alpha value is -2.21. The van der Waals surface area contributed by atoms with E-state index >= 15 is 0 Å². The van der Waals surface area contributed by atoms with Crippen LogP contribution in [0.4, 0.5) is 0 Å². The van der Waals surface area contributed by atoms with Crippen molar-refractivity contribution in [3.8, 4) is 11.5 Å². The first-order valence-electron chi connectivity index (χ1n) is 8.74. The van der Waals surface area contributed by atoms with Crippen molar-refractivity contribution in [2.24, 2.45) is 0 Å². The fourth-order valence-corrected chi connectivity index (χ4v) is 3.07. The summed E-state index contributed by atoms with van der Waals surface area (Å²) in [6, 6.07) is 3.36. The number of esters is 1. The van der Waals surface area contributed by atoms with Crippen molar-refractivity contribution in [1.29, 1.82) is 0 Å². The third-order valence-corrected chi connectivity index (χ3v) is 4.16. The second-order valence-electron chi connectivity index (χ2n) is 6.58. The molecule has 1 amide bonds. The summed E-state index contributed by atoms with van der Waals surface area (Å²) in [6.45, 7) is 9.26. The number of benzene rings is 1. The largest absolute Gasteiger partial charge is 0.493 e. The molecular weight excluding hydrogens is 370 g/mol. The van der Waals surface area contributed by atoms with Crippen LogP contribution in [0.25, 0.3) is 6.08 Å². The number of carbonyl (C=O) groups is 2. The highest BCUT2D eigenvalue weighted by atomic mass is 35.5. The Morgan fingerprint density at radius 3 is 2.11 bits per heavy atom. The molecule has 1 aromatic carbocycles. The van der Waals surface area contributed by atoms with Crippen LogP contribution in [0.15, 0.2) is 18.2 Å². The molecule has 0 saturated carbocycles. The maximum Gasteiger partial charge on any atom is 0.331 e. The van der Waals surface area contributed by atoms with E-state index < -0.39 is 12.1 Å². The predicted octanol–water partition coefficient (Wildman–Crippen LogP) is 3.95. The highest BCUT2D eigenvalue weighted by Crippen LogP contribution is 2.36. The first-order valence-corrected chi connectivity index (χ1v) is 9.12. The van der Waals surface area contributed by atoms with Gasteiger partial charge in [-0.2, -0.15) is 0 Å². The summed E-state index contributed by atoms with van der Waals surface area (Å²) < 4.78 is 15.6. The lowest BCUT2D eigenvalue weighted by molar-refractivity contribution is -0.157. The van der Waals surface area contributed by atoms with E-state index in [1.54, 1.807) is 24.0 Å². The first-order chi connectivity index (χ1) is 12.6. The third kappa shape index (κ3) is 6.17. The maximum absolute atomic E-state index is 12.5. The lowest BCUT2D eigenvalue weighted by atomic mass is 10.2. The van der Waals surface area contributed by atoms with E-state index in [0.29, 0.717) is 22.1 Å². The van der Waals surface area contributed by atoms with E-state index in [1.807, 2.05) is 27.7 Å². The monoisotopic (exact) mass is 397 g/mol. The van der Waals surface area contributed by atoms with E-state index in [-0.39, 0.29) is 18.0 Å². The van der Waals surface area contributed by atoms with Crippen molar-refractivity contribution >= 4 is 29.6 Å². The summed E-state index contributed by atoms with van der Waals surface area (Å²) in [5.74, 6) is 0.0248. The molecule has 0 bridgehead atoms. The molecule has 0 spiro atoms. The fraction of sp³-hybridized carbons (Fsp3) is 0.500. The van der Waals surface area contributed by atoms with E-state index in [1.165, 1.54) is 26.4 Å². The molecule has 0 aliphatic carbocycles. The van der Waals surface area contributed by atoms with Crippen LogP contribution in [-0.2, 0) is 14.3 Å². The standard InChI is InChI=1S/C20H28ClNO5/c1-12(2)22(13(3)4)20(24)14(5)27-18(23)9-8-15-10-16(21)19(26-7)17(11-15)25-6/h8-14H,1-7H3/b9-8+/t14-/m0/s1. The molecule has 0 fully saturated rings. The second-order valence-corrected chi connectivity index (χ2v) is 6.99. The topological polar surface area (TPSA) is 65.1 Å². The molecule has 6 nitrogen and oxygen atoms in total. The Balaban J connectivity index is 2.85. The summed E-state index contributed by atoms with van der Waals surface area (Å²) in [4.78, 5) is 26.3. The van der Waals surface area contributed by atoms with Crippen LogP contribution in [-0.4, -0.2) is 49.2 Å². The first kappa shape index (κ1) is 22.8. The zero-order valence-electron chi connectivity index (χ0n) is 16.9. The van der Waals surface area contributed by atoms with Gasteiger partial charge in [-0.15, -0.1) is 0 Å². The van der Waals surface area contributed by atoms with Crippen molar-refractivity contribution in [2.45, 2.75) is 52.8 Å². The van der Waals surface area contributed by atoms with Gasteiger partial charge in [0, 0.05) is 18.2 Å². The minimum Gasteiger partial charge on any atom is -0.493 e. The molecule has 27 heavy (non-hydrogen) atoms. The highest BCUT2D eigenvalue weighted by Gasteiger charge is 2.27.